The van der Waals surface area contributed by atoms with Crippen LogP contribution in [0.5, 0.6) is 5.88 Å². The van der Waals surface area contributed by atoms with Crippen LogP contribution < -0.4 is 10.1 Å². The normalized spacial score (nSPS) is 14.9. The van der Waals surface area contributed by atoms with Crippen molar-refractivity contribution in [2.75, 3.05) is 25.6 Å². The van der Waals surface area contributed by atoms with E-state index in [4.69, 9.17) is 21.1 Å². The van der Waals surface area contributed by atoms with Crippen LogP contribution in [-0.2, 0) is 4.74 Å². The minimum Gasteiger partial charge on any atom is -0.480 e. The fourth-order valence-corrected chi connectivity index (χ4v) is 2.01. The lowest BCUT2D eigenvalue weighted by Crippen LogP contribution is -2.30. The molecule has 3 heterocycles. The van der Waals surface area contributed by atoms with E-state index in [1.54, 1.807) is 0 Å². The van der Waals surface area contributed by atoms with E-state index in [0.717, 1.165) is 11.4 Å². The van der Waals surface area contributed by atoms with E-state index < -0.39 is 0 Å². The van der Waals surface area contributed by atoms with Gasteiger partial charge < -0.3 is 14.8 Å². The molecule has 106 valence electrons. The molecular weight excluding hydrogens is 282 g/mol. The first-order valence-electron chi connectivity index (χ1n) is 6.14. The molecular formula is C12H14ClN5O2. The molecule has 8 heteroatoms. The topological polar surface area (TPSA) is 74.1 Å². The minimum atomic E-state index is 0.310. The number of hydrogen-bond donors (Lipinski definition) is 1. The highest BCUT2D eigenvalue weighted by molar-refractivity contribution is 6.31. The molecule has 0 amide bonds. The van der Waals surface area contributed by atoms with Gasteiger partial charge in [0.15, 0.2) is 0 Å². The summed E-state index contributed by atoms with van der Waals surface area (Å²) in [5, 5.41) is 7.94. The number of ether oxygens (including phenoxy) is 2. The number of anilines is 2. The van der Waals surface area contributed by atoms with Crippen molar-refractivity contribution < 1.29 is 9.47 Å². The van der Waals surface area contributed by atoms with Gasteiger partial charge in [0.25, 0.3) is 0 Å². The van der Waals surface area contributed by atoms with Crippen LogP contribution in [0.1, 0.15) is 11.7 Å². The van der Waals surface area contributed by atoms with Crippen molar-refractivity contribution in [1.82, 2.24) is 19.7 Å². The van der Waals surface area contributed by atoms with E-state index in [1.165, 1.54) is 13.3 Å². The van der Waals surface area contributed by atoms with Gasteiger partial charge in [0.2, 0.25) is 11.8 Å². The summed E-state index contributed by atoms with van der Waals surface area (Å²) in [6.07, 6.45) is 3.42. The number of halogens is 1. The molecule has 1 N–H and O–H groups in total. The molecule has 1 saturated heterocycles. The molecule has 1 aliphatic rings. The van der Waals surface area contributed by atoms with E-state index in [-0.39, 0.29) is 0 Å². The predicted octanol–water partition coefficient (Wildman–Crippen LogP) is 1.96. The van der Waals surface area contributed by atoms with Crippen molar-refractivity contribution in [2.45, 2.75) is 13.0 Å². The van der Waals surface area contributed by atoms with E-state index >= 15 is 0 Å². The van der Waals surface area contributed by atoms with Gasteiger partial charge in [-0.15, -0.1) is 0 Å². The van der Waals surface area contributed by atoms with Crippen molar-refractivity contribution in [1.29, 1.82) is 0 Å². The highest BCUT2D eigenvalue weighted by Gasteiger charge is 2.22. The Bertz CT molecular complexity index is 626. The molecule has 1 aliphatic heterocycles. The SMILES string of the molecule is COc1nc(Nc2cn(C3COC3)nc2C)ncc1Cl. The summed E-state index contributed by atoms with van der Waals surface area (Å²) in [6, 6.07) is 0.310. The Morgan fingerprint density at radius 3 is 2.95 bits per heavy atom. The third kappa shape index (κ3) is 2.41. The lowest BCUT2D eigenvalue weighted by molar-refractivity contribution is -0.0287. The Labute approximate surface area is 120 Å². The summed E-state index contributed by atoms with van der Waals surface area (Å²) in [6.45, 7) is 3.32. The first-order valence-corrected chi connectivity index (χ1v) is 6.52. The number of aryl methyl sites for hydroxylation is 1. The smallest absolute Gasteiger partial charge is 0.237 e. The molecule has 0 aliphatic carbocycles. The lowest BCUT2D eigenvalue weighted by Gasteiger charge is -2.25. The fraction of sp³-hybridized carbons (Fsp3) is 0.417. The Kier molecular flexibility index (Phi) is 3.45. The predicted molar refractivity (Wildman–Crippen MR) is 73.7 cm³/mol. The minimum absolute atomic E-state index is 0.310. The van der Waals surface area contributed by atoms with Gasteiger partial charge in [-0.05, 0) is 6.92 Å². The molecule has 1 fully saturated rings. The van der Waals surface area contributed by atoms with Crippen LogP contribution in [0.15, 0.2) is 12.4 Å². The first-order chi connectivity index (χ1) is 9.67. The highest BCUT2D eigenvalue weighted by atomic mass is 35.5. The van der Waals surface area contributed by atoms with Crippen LogP contribution in [0, 0.1) is 6.92 Å². The van der Waals surface area contributed by atoms with E-state index in [1.807, 2.05) is 17.8 Å². The number of rotatable bonds is 4. The maximum absolute atomic E-state index is 5.89. The zero-order chi connectivity index (χ0) is 14.1. The molecule has 0 spiro atoms. The average Bonchev–Trinajstić information content (AvgIpc) is 2.70. The molecule has 2 aromatic heterocycles. The first kappa shape index (κ1) is 13.1. The zero-order valence-electron chi connectivity index (χ0n) is 11.1. The average molecular weight is 296 g/mol. The molecule has 0 bridgehead atoms. The zero-order valence-corrected chi connectivity index (χ0v) is 11.9. The van der Waals surface area contributed by atoms with Gasteiger partial charge >= 0.3 is 0 Å². The van der Waals surface area contributed by atoms with Gasteiger partial charge in [-0.1, -0.05) is 11.6 Å². The van der Waals surface area contributed by atoms with Gasteiger partial charge in [0, 0.05) is 6.20 Å². The van der Waals surface area contributed by atoms with Crippen molar-refractivity contribution >= 4 is 23.2 Å². The Morgan fingerprint density at radius 1 is 1.50 bits per heavy atom. The number of aromatic nitrogens is 4. The quantitative estimate of drug-likeness (QED) is 0.929. The largest absolute Gasteiger partial charge is 0.480 e. The van der Waals surface area contributed by atoms with Crippen LogP contribution >= 0.6 is 11.6 Å². The van der Waals surface area contributed by atoms with Gasteiger partial charge in [-0.2, -0.15) is 10.1 Å². The molecule has 0 aromatic carbocycles. The van der Waals surface area contributed by atoms with Crippen molar-refractivity contribution in [2.24, 2.45) is 0 Å². The van der Waals surface area contributed by atoms with Gasteiger partial charge in [0.1, 0.15) is 5.02 Å². The highest BCUT2D eigenvalue weighted by Crippen LogP contribution is 2.25. The summed E-state index contributed by atoms with van der Waals surface area (Å²) in [5.74, 6) is 0.750. The number of methoxy groups -OCH3 is 1. The fourth-order valence-electron chi connectivity index (χ4n) is 1.84. The Balaban J connectivity index is 1.81. The summed E-state index contributed by atoms with van der Waals surface area (Å²) in [4.78, 5) is 8.29. The van der Waals surface area contributed by atoms with E-state index in [0.29, 0.717) is 36.1 Å². The van der Waals surface area contributed by atoms with Gasteiger partial charge in [0.05, 0.1) is 43.9 Å². The third-order valence-electron chi connectivity index (χ3n) is 3.06. The van der Waals surface area contributed by atoms with Crippen LogP contribution in [0.25, 0.3) is 0 Å². The Morgan fingerprint density at radius 2 is 2.30 bits per heavy atom. The van der Waals surface area contributed by atoms with Crippen molar-refractivity contribution in [3.8, 4) is 5.88 Å². The maximum Gasteiger partial charge on any atom is 0.237 e. The second kappa shape index (κ2) is 5.26. The standard InChI is InChI=1S/C12H14ClN5O2/c1-7-10(4-18(17-7)8-5-20-6-8)15-12-14-3-9(13)11(16-12)19-2/h3-4,8H,5-6H2,1-2H3,(H,14,15,16). The molecule has 0 atom stereocenters. The van der Waals surface area contributed by atoms with Crippen LogP contribution in [0.3, 0.4) is 0 Å². The molecule has 0 unspecified atom stereocenters. The summed E-state index contributed by atoms with van der Waals surface area (Å²) in [5.41, 5.74) is 1.72. The monoisotopic (exact) mass is 295 g/mol. The summed E-state index contributed by atoms with van der Waals surface area (Å²) < 4.78 is 12.1. The third-order valence-corrected chi connectivity index (χ3v) is 3.32. The number of hydrogen-bond acceptors (Lipinski definition) is 6. The van der Waals surface area contributed by atoms with Gasteiger partial charge in [-0.25, -0.2) is 4.98 Å². The molecule has 3 rings (SSSR count). The molecule has 2 aromatic rings. The van der Waals surface area contributed by atoms with E-state index in [9.17, 15) is 0 Å². The van der Waals surface area contributed by atoms with Crippen molar-refractivity contribution in [3.05, 3.63) is 23.1 Å². The van der Waals surface area contributed by atoms with Crippen LogP contribution in [0.2, 0.25) is 5.02 Å². The van der Waals surface area contributed by atoms with Crippen LogP contribution in [0.4, 0.5) is 11.6 Å². The second-order valence-electron chi connectivity index (χ2n) is 4.48. The molecule has 7 nitrogen and oxygen atoms in total. The summed E-state index contributed by atoms with van der Waals surface area (Å²) >= 11 is 5.89. The number of nitrogens with zero attached hydrogens (tertiary/aromatic N) is 4. The molecule has 0 saturated carbocycles. The molecule has 0 radical (unpaired) electrons. The lowest BCUT2D eigenvalue weighted by atomic mass is 10.3. The van der Waals surface area contributed by atoms with Gasteiger partial charge in [-0.3, -0.25) is 4.68 Å². The maximum atomic E-state index is 5.89. The second-order valence-corrected chi connectivity index (χ2v) is 4.88. The van der Waals surface area contributed by atoms with E-state index in [2.05, 4.69) is 20.4 Å². The number of nitrogens with one attached hydrogen (secondary N) is 1. The van der Waals surface area contributed by atoms with Crippen LogP contribution in [-0.4, -0.2) is 40.1 Å². The summed E-state index contributed by atoms with van der Waals surface area (Å²) in [7, 11) is 1.51. The molecule has 20 heavy (non-hydrogen) atoms. The van der Waals surface area contributed by atoms with Crippen molar-refractivity contribution in [3.63, 3.8) is 0 Å². The Hall–Kier alpha value is -1.86.